The van der Waals surface area contributed by atoms with E-state index in [1.54, 1.807) is 0 Å². The Hall–Kier alpha value is -2.48. The van der Waals surface area contributed by atoms with E-state index in [-0.39, 0.29) is 6.04 Å². The molecule has 1 N–H and O–H groups in total. The maximum atomic E-state index is 3.47. The molecule has 0 saturated heterocycles. The fourth-order valence-corrected chi connectivity index (χ4v) is 3.15. The van der Waals surface area contributed by atoms with Gasteiger partial charge in [-0.25, -0.2) is 0 Å². The van der Waals surface area contributed by atoms with Crippen LogP contribution in [0.1, 0.15) is 29.7 Å². The van der Waals surface area contributed by atoms with Crippen LogP contribution in [0.5, 0.6) is 0 Å². The van der Waals surface area contributed by atoms with Gasteiger partial charge in [-0.1, -0.05) is 42.5 Å². The molecular weight excluding hydrogens is 256 g/mol. The zero-order valence-electron chi connectivity index (χ0n) is 12.1. The number of fused-ring (bicyclic) bond motifs is 3. The molecule has 0 saturated carbocycles. The molecule has 1 heterocycles. The van der Waals surface area contributed by atoms with E-state index in [1.165, 1.54) is 27.8 Å². The average molecular weight is 274 g/mol. The van der Waals surface area contributed by atoms with Crippen molar-refractivity contribution in [3.05, 3.63) is 83.7 Å². The number of hydrogen-bond donors (Lipinski definition) is 1. The van der Waals surface area contributed by atoms with E-state index in [2.05, 4.69) is 54.8 Å². The van der Waals surface area contributed by atoms with Crippen LogP contribution in [0.15, 0.2) is 67.0 Å². The first kappa shape index (κ1) is 12.3. The van der Waals surface area contributed by atoms with Crippen molar-refractivity contribution in [3.8, 4) is 11.1 Å². The lowest BCUT2D eigenvalue weighted by Crippen LogP contribution is -2.17. The molecule has 0 radical (unpaired) electrons. The van der Waals surface area contributed by atoms with Crippen molar-refractivity contribution in [3.63, 3.8) is 0 Å². The van der Waals surface area contributed by atoms with E-state index in [1.807, 2.05) is 29.2 Å². The zero-order valence-corrected chi connectivity index (χ0v) is 12.1. The predicted molar refractivity (Wildman–Crippen MR) is 86.9 cm³/mol. The molecule has 104 valence electrons. The molecule has 1 atom stereocenters. The van der Waals surface area contributed by atoms with Crippen LogP contribution in [0.2, 0.25) is 0 Å². The number of hydrogen-bond acceptors (Lipinski definition) is 1. The molecular formula is C19H18N2. The van der Waals surface area contributed by atoms with Crippen molar-refractivity contribution >= 4 is 0 Å². The van der Waals surface area contributed by atoms with Gasteiger partial charge in [-0.3, -0.25) is 4.68 Å². The Labute approximate surface area is 125 Å². The zero-order chi connectivity index (χ0) is 14.2. The van der Waals surface area contributed by atoms with Crippen LogP contribution in [0.3, 0.4) is 0 Å². The highest BCUT2D eigenvalue weighted by atomic mass is 15.4. The second-order valence-electron chi connectivity index (χ2n) is 5.69. The second kappa shape index (κ2) is 4.81. The SMILES string of the molecule is CC(Nn1cccc1)c1ccc2c(c1)Cc1ccccc1-2. The largest absolute Gasteiger partial charge is 0.319 e. The number of rotatable bonds is 3. The summed E-state index contributed by atoms with van der Waals surface area (Å²) in [5.41, 5.74) is 10.5. The monoisotopic (exact) mass is 274 g/mol. The first-order valence-corrected chi connectivity index (χ1v) is 7.42. The lowest BCUT2D eigenvalue weighted by Gasteiger charge is -2.17. The lowest BCUT2D eigenvalue weighted by molar-refractivity contribution is 0.727. The highest BCUT2D eigenvalue weighted by molar-refractivity contribution is 5.77. The Morgan fingerprint density at radius 3 is 2.52 bits per heavy atom. The molecule has 1 aliphatic carbocycles. The fourth-order valence-electron chi connectivity index (χ4n) is 3.15. The smallest absolute Gasteiger partial charge is 0.0645 e. The first-order valence-electron chi connectivity index (χ1n) is 7.42. The van der Waals surface area contributed by atoms with Gasteiger partial charge in [0, 0.05) is 12.4 Å². The third-order valence-corrected chi connectivity index (χ3v) is 4.26. The number of aromatic nitrogens is 1. The van der Waals surface area contributed by atoms with Gasteiger partial charge in [0.15, 0.2) is 0 Å². The Morgan fingerprint density at radius 2 is 1.67 bits per heavy atom. The van der Waals surface area contributed by atoms with Crippen LogP contribution in [-0.2, 0) is 6.42 Å². The summed E-state index contributed by atoms with van der Waals surface area (Å²) in [6.07, 6.45) is 5.11. The number of nitrogens with zero attached hydrogens (tertiary/aromatic N) is 1. The Kier molecular flexibility index (Phi) is 2.81. The van der Waals surface area contributed by atoms with Crippen molar-refractivity contribution in [2.45, 2.75) is 19.4 Å². The van der Waals surface area contributed by atoms with Gasteiger partial charge in [0.1, 0.15) is 0 Å². The summed E-state index contributed by atoms with van der Waals surface area (Å²) < 4.78 is 2.01. The van der Waals surface area contributed by atoms with Crippen LogP contribution in [0, 0.1) is 0 Å². The molecule has 0 amide bonds. The normalized spacial score (nSPS) is 13.6. The van der Waals surface area contributed by atoms with Crippen LogP contribution in [-0.4, -0.2) is 4.68 Å². The van der Waals surface area contributed by atoms with Crippen molar-refractivity contribution in [2.24, 2.45) is 0 Å². The van der Waals surface area contributed by atoms with Gasteiger partial charge < -0.3 is 5.43 Å². The fraction of sp³-hybridized carbons (Fsp3) is 0.158. The summed E-state index contributed by atoms with van der Waals surface area (Å²) in [5.74, 6) is 0. The third-order valence-electron chi connectivity index (χ3n) is 4.26. The van der Waals surface area contributed by atoms with E-state index in [0.717, 1.165) is 6.42 Å². The van der Waals surface area contributed by atoms with E-state index in [9.17, 15) is 0 Å². The molecule has 0 fully saturated rings. The summed E-state index contributed by atoms with van der Waals surface area (Å²) in [5, 5.41) is 0. The van der Waals surface area contributed by atoms with Gasteiger partial charge in [-0.15, -0.1) is 0 Å². The molecule has 3 aromatic rings. The molecule has 0 bridgehead atoms. The van der Waals surface area contributed by atoms with Crippen molar-refractivity contribution < 1.29 is 0 Å². The molecule has 2 heteroatoms. The summed E-state index contributed by atoms with van der Waals surface area (Å²) in [7, 11) is 0. The Bertz CT molecular complexity index is 772. The highest BCUT2D eigenvalue weighted by Crippen LogP contribution is 2.37. The first-order chi connectivity index (χ1) is 10.3. The van der Waals surface area contributed by atoms with Crippen molar-refractivity contribution in [1.29, 1.82) is 0 Å². The molecule has 21 heavy (non-hydrogen) atoms. The van der Waals surface area contributed by atoms with Gasteiger partial charge in [0.2, 0.25) is 0 Å². The maximum absolute atomic E-state index is 3.47. The van der Waals surface area contributed by atoms with Crippen LogP contribution < -0.4 is 5.43 Å². The summed E-state index contributed by atoms with van der Waals surface area (Å²) in [4.78, 5) is 0. The third kappa shape index (κ3) is 2.13. The van der Waals surface area contributed by atoms with Crippen LogP contribution in [0.25, 0.3) is 11.1 Å². The molecule has 0 aliphatic heterocycles. The van der Waals surface area contributed by atoms with Gasteiger partial charge >= 0.3 is 0 Å². The molecule has 1 aromatic heterocycles. The van der Waals surface area contributed by atoms with Gasteiger partial charge in [-0.2, -0.15) is 0 Å². The minimum Gasteiger partial charge on any atom is -0.319 e. The van der Waals surface area contributed by atoms with Gasteiger partial charge in [-0.05, 0) is 53.3 Å². The Balaban J connectivity index is 1.64. The quantitative estimate of drug-likeness (QED) is 0.587. The van der Waals surface area contributed by atoms with Crippen molar-refractivity contribution in [2.75, 3.05) is 5.43 Å². The second-order valence-corrected chi connectivity index (χ2v) is 5.69. The summed E-state index contributed by atoms with van der Waals surface area (Å²) in [6, 6.07) is 19.9. The van der Waals surface area contributed by atoms with Crippen molar-refractivity contribution in [1.82, 2.24) is 4.68 Å². The molecule has 2 nitrogen and oxygen atoms in total. The maximum Gasteiger partial charge on any atom is 0.0645 e. The summed E-state index contributed by atoms with van der Waals surface area (Å²) >= 11 is 0. The Morgan fingerprint density at radius 1 is 0.905 bits per heavy atom. The number of nitrogens with one attached hydrogen (secondary N) is 1. The standard InChI is InChI=1S/C19H18N2/c1-14(20-21-10-4-5-11-21)15-8-9-19-17(12-15)13-16-6-2-3-7-18(16)19/h2-12,14,20H,13H2,1H3. The molecule has 2 aromatic carbocycles. The van der Waals surface area contributed by atoms with E-state index < -0.39 is 0 Å². The topological polar surface area (TPSA) is 17.0 Å². The number of benzene rings is 2. The molecule has 1 aliphatic rings. The highest BCUT2D eigenvalue weighted by Gasteiger charge is 2.18. The average Bonchev–Trinajstić information content (AvgIpc) is 3.13. The minimum atomic E-state index is 0.284. The van der Waals surface area contributed by atoms with Gasteiger partial charge in [0.25, 0.3) is 0 Å². The van der Waals surface area contributed by atoms with Crippen LogP contribution >= 0.6 is 0 Å². The lowest BCUT2D eigenvalue weighted by atomic mass is 10.0. The van der Waals surface area contributed by atoms with E-state index in [0.29, 0.717) is 0 Å². The van der Waals surface area contributed by atoms with E-state index in [4.69, 9.17) is 0 Å². The minimum absolute atomic E-state index is 0.284. The molecule has 4 rings (SSSR count). The predicted octanol–water partition coefficient (Wildman–Crippen LogP) is 4.36. The van der Waals surface area contributed by atoms with Crippen LogP contribution in [0.4, 0.5) is 0 Å². The van der Waals surface area contributed by atoms with E-state index >= 15 is 0 Å². The molecule has 0 spiro atoms. The van der Waals surface area contributed by atoms with Gasteiger partial charge in [0.05, 0.1) is 6.04 Å². The molecule has 1 unspecified atom stereocenters. The summed E-state index contributed by atoms with van der Waals surface area (Å²) in [6.45, 7) is 2.20.